The lowest BCUT2D eigenvalue weighted by molar-refractivity contribution is -0.385. The number of rotatable bonds is 3. The highest BCUT2D eigenvalue weighted by molar-refractivity contribution is 5.66. The van der Waals surface area contributed by atoms with E-state index in [2.05, 4.69) is 5.32 Å². The van der Waals surface area contributed by atoms with Gasteiger partial charge in [0.25, 0.3) is 5.69 Å². The van der Waals surface area contributed by atoms with E-state index in [1.54, 1.807) is 18.2 Å². The van der Waals surface area contributed by atoms with Crippen LogP contribution in [0.4, 0.5) is 21.5 Å². The van der Waals surface area contributed by atoms with Crippen LogP contribution < -0.4 is 5.32 Å². The molecule has 6 heteroatoms. The zero-order valence-corrected chi connectivity index (χ0v) is 10.6. The van der Waals surface area contributed by atoms with Crippen molar-refractivity contribution in [3.8, 4) is 6.07 Å². The van der Waals surface area contributed by atoms with Crippen LogP contribution in [0.2, 0.25) is 0 Å². The molecule has 0 spiro atoms. The predicted octanol–water partition coefficient (Wildman–Crippen LogP) is 3.66. The van der Waals surface area contributed by atoms with Gasteiger partial charge in [0, 0.05) is 11.8 Å². The van der Waals surface area contributed by atoms with Gasteiger partial charge in [-0.1, -0.05) is 6.07 Å². The van der Waals surface area contributed by atoms with E-state index in [1.165, 1.54) is 24.3 Å². The van der Waals surface area contributed by atoms with Gasteiger partial charge in [-0.05, 0) is 36.8 Å². The highest BCUT2D eigenvalue weighted by atomic mass is 19.1. The second-order valence-corrected chi connectivity index (χ2v) is 4.21. The summed E-state index contributed by atoms with van der Waals surface area (Å²) in [4.78, 5) is 10.2. The number of halogens is 1. The van der Waals surface area contributed by atoms with E-state index in [9.17, 15) is 14.5 Å². The van der Waals surface area contributed by atoms with Crippen LogP contribution in [0.3, 0.4) is 0 Å². The van der Waals surface area contributed by atoms with Gasteiger partial charge in [-0.15, -0.1) is 0 Å². The number of anilines is 2. The van der Waals surface area contributed by atoms with Crippen molar-refractivity contribution in [3.05, 3.63) is 63.5 Å². The third-order valence-electron chi connectivity index (χ3n) is 2.72. The lowest BCUT2D eigenvalue weighted by Gasteiger charge is -2.08. The van der Waals surface area contributed by atoms with Crippen molar-refractivity contribution >= 4 is 17.1 Å². The number of aryl methyl sites for hydroxylation is 1. The summed E-state index contributed by atoms with van der Waals surface area (Å²) >= 11 is 0. The maximum Gasteiger partial charge on any atom is 0.289 e. The Morgan fingerprint density at radius 2 is 2.05 bits per heavy atom. The van der Waals surface area contributed by atoms with Crippen molar-refractivity contribution in [1.82, 2.24) is 0 Å². The van der Waals surface area contributed by atoms with Gasteiger partial charge in [-0.2, -0.15) is 5.26 Å². The first kappa shape index (κ1) is 13.5. The van der Waals surface area contributed by atoms with Crippen LogP contribution in [0.1, 0.15) is 11.1 Å². The maximum atomic E-state index is 13.6. The summed E-state index contributed by atoms with van der Waals surface area (Å²) in [5, 5.41) is 22.4. The maximum absolute atomic E-state index is 13.6. The largest absolute Gasteiger partial charge is 0.353 e. The van der Waals surface area contributed by atoms with Crippen molar-refractivity contribution in [1.29, 1.82) is 5.26 Å². The van der Waals surface area contributed by atoms with Gasteiger partial charge in [-0.3, -0.25) is 10.1 Å². The highest BCUT2D eigenvalue weighted by Gasteiger charge is 2.14. The van der Waals surface area contributed by atoms with Gasteiger partial charge in [0.05, 0.1) is 10.6 Å². The summed E-state index contributed by atoms with van der Waals surface area (Å²) in [6, 6.07) is 10.3. The zero-order chi connectivity index (χ0) is 14.7. The molecule has 0 unspecified atom stereocenters. The van der Waals surface area contributed by atoms with Crippen molar-refractivity contribution in [2.24, 2.45) is 0 Å². The summed E-state index contributed by atoms with van der Waals surface area (Å²) in [5.74, 6) is -0.456. The number of hydrogen-bond acceptors (Lipinski definition) is 4. The Bertz CT molecular complexity index is 723. The topological polar surface area (TPSA) is 79.0 Å². The number of nitrogens with one attached hydrogen (secondary N) is 1. The molecule has 2 aromatic carbocycles. The molecule has 0 aromatic heterocycles. The van der Waals surface area contributed by atoms with Crippen molar-refractivity contribution in [2.45, 2.75) is 6.92 Å². The summed E-state index contributed by atoms with van der Waals surface area (Å²) in [6.45, 7) is 1.81. The van der Waals surface area contributed by atoms with E-state index < -0.39 is 10.7 Å². The lowest BCUT2D eigenvalue weighted by atomic mass is 10.1. The monoisotopic (exact) mass is 271 g/mol. The SMILES string of the molecule is Cc1ccc(F)c(Nc2ccc(C#N)c([N+](=O)[O-])c2)c1. The molecule has 5 nitrogen and oxygen atoms in total. The first-order valence-corrected chi connectivity index (χ1v) is 5.73. The fourth-order valence-corrected chi connectivity index (χ4v) is 1.75. The number of nitriles is 1. The Kier molecular flexibility index (Phi) is 3.62. The molecule has 0 amide bonds. The number of nitro groups is 1. The van der Waals surface area contributed by atoms with E-state index in [1.807, 2.05) is 6.92 Å². The van der Waals surface area contributed by atoms with Crippen LogP contribution in [0, 0.1) is 34.2 Å². The van der Waals surface area contributed by atoms with E-state index in [0.717, 1.165) is 5.56 Å². The molecule has 0 saturated heterocycles. The molecule has 2 rings (SSSR count). The van der Waals surface area contributed by atoms with Gasteiger partial charge >= 0.3 is 0 Å². The average molecular weight is 271 g/mol. The van der Waals surface area contributed by atoms with Gasteiger partial charge in [0.2, 0.25) is 0 Å². The van der Waals surface area contributed by atoms with Crippen LogP contribution in [-0.4, -0.2) is 4.92 Å². The van der Waals surface area contributed by atoms with E-state index in [4.69, 9.17) is 5.26 Å². The number of hydrogen-bond donors (Lipinski definition) is 1. The van der Waals surface area contributed by atoms with Crippen LogP contribution in [0.25, 0.3) is 0 Å². The Balaban J connectivity index is 2.40. The van der Waals surface area contributed by atoms with Crippen LogP contribution in [-0.2, 0) is 0 Å². The lowest BCUT2D eigenvalue weighted by Crippen LogP contribution is -1.97. The minimum absolute atomic E-state index is 0.0368. The third kappa shape index (κ3) is 2.72. The molecule has 0 aliphatic heterocycles. The van der Waals surface area contributed by atoms with Gasteiger partial charge in [0.1, 0.15) is 17.4 Å². The van der Waals surface area contributed by atoms with Crippen LogP contribution in [0.5, 0.6) is 0 Å². The fourth-order valence-electron chi connectivity index (χ4n) is 1.75. The Labute approximate surface area is 114 Å². The molecule has 0 aliphatic carbocycles. The van der Waals surface area contributed by atoms with Crippen molar-refractivity contribution < 1.29 is 9.31 Å². The standard InChI is InChI=1S/C14H10FN3O2/c1-9-2-5-12(15)13(6-9)17-11-4-3-10(8-16)14(7-11)18(19)20/h2-7,17H,1H3. The molecule has 100 valence electrons. The second kappa shape index (κ2) is 5.36. The highest BCUT2D eigenvalue weighted by Crippen LogP contribution is 2.26. The fraction of sp³-hybridized carbons (Fsp3) is 0.0714. The molecule has 0 saturated carbocycles. The molecule has 2 aromatic rings. The average Bonchev–Trinajstić information content (AvgIpc) is 2.42. The normalized spacial score (nSPS) is 9.85. The second-order valence-electron chi connectivity index (χ2n) is 4.21. The summed E-state index contributed by atoms with van der Waals surface area (Å²) < 4.78 is 13.6. The van der Waals surface area contributed by atoms with Crippen LogP contribution >= 0.6 is 0 Å². The summed E-state index contributed by atoms with van der Waals surface area (Å²) in [5.41, 5.74) is 1.08. The molecule has 0 heterocycles. The predicted molar refractivity (Wildman–Crippen MR) is 72.2 cm³/mol. The van der Waals surface area contributed by atoms with Gasteiger partial charge in [0.15, 0.2) is 0 Å². The Morgan fingerprint density at radius 3 is 2.70 bits per heavy atom. The smallest absolute Gasteiger partial charge is 0.289 e. The first-order chi connectivity index (χ1) is 9.51. The molecule has 0 fully saturated rings. The summed E-state index contributed by atoms with van der Waals surface area (Å²) in [7, 11) is 0. The zero-order valence-electron chi connectivity index (χ0n) is 10.6. The van der Waals surface area contributed by atoms with Gasteiger partial charge in [-0.25, -0.2) is 4.39 Å². The summed E-state index contributed by atoms with van der Waals surface area (Å²) in [6.07, 6.45) is 0. The van der Waals surface area contributed by atoms with Gasteiger partial charge < -0.3 is 5.32 Å². The Hall–Kier alpha value is -2.94. The number of nitro benzene ring substituents is 1. The molecule has 0 radical (unpaired) electrons. The van der Waals surface area contributed by atoms with Crippen molar-refractivity contribution in [2.75, 3.05) is 5.32 Å². The van der Waals surface area contributed by atoms with E-state index in [-0.39, 0.29) is 16.9 Å². The minimum atomic E-state index is -0.643. The molecule has 1 N–H and O–H groups in total. The quantitative estimate of drug-likeness (QED) is 0.682. The first-order valence-electron chi connectivity index (χ1n) is 5.73. The number of nitrogens with zero attached hydrogens (tertiary/aromatic N) is 2. The third-order valence-corrected chi connectivity index (χ3v) is 2.72. The molecule has 0 atom stereocenters. The molecule has 0 aliphatic rings. The van der Waals surface area contributed by atoms with E-state index >= 15 is 0 Å². The van der Waals surface area contributed by atoms with Crippen LogP contribution in [0.15, 0.2) is 36.4 Å². The number of benzene rings is 2. The molecule has 0 bridgehead atoms. The molecular formula is C14H10FN3O2. The van der Waals surface area contributed by atoms with E-state index in [0.29, 0.717) is 5.69 Å². The molecule has 20 heavy (non-hydrogen) atoms. The minimum Gasteiger partial charge on any atom is -0.353 e. The molecular weight excluding hydrogens is 261 g/mol. The van der Waals surface area contributed by atoms with Crippen molar-refractivity contribution in [3.63, 3.8) is 0 Å². The Morgan fingerprint density at radius 1 is 1.30 bits per heavy atom.